The molecular formula is C15H12Br2N2. The van der Waals surface area contributed by atoms with Gasteiger partial charge in [0.1, 0.15) is 0 Å². The summed E-state index contributed by atoms with van der Waals surface area (Å²) in [6, 6.07) is 10.6. The largest absolute Gasteiger partial charge is 0.358 e. The summed E-state index contributed by atoms with van der Waals surface area (Å²) in [4.78, 5) is 7.65. The highest BCUT2D eigenvalue weighted by Gasteiger charge is 2.02. The van der Waals surface area contributed by atoms with Gasteiger partial charge in [0.2, 0.25) is 0 Å². The molecule has 0 bridgehead atoms. The fourth-order valence-electron chi connectivity index (χ4n) is 2.17. The van der Waals surface area contributed by atoms with E-state index in [2.05, 4.69) is 72.2 Å². The normalized spacial score (nSPS) is 11.1. The van der Waals surface area contributed by atoms with Crippen LogP contribution in [-0.4, -0.2) is 9.97 Å². The lowest BCUT2D eigenvalue weighted by Gasteiger charge is -2.00. The van der Waals surface area contributed by atoms with Crippen molar-refractivity contribution in [2.24, 2.45) is 0 Å². The first kappa shape index (κ1) is 12.9. The molecule has 19 heavy (non-hydrogen) atoms. The molecular weight excluding hydrogens is 368 g/mol. The zero-order valence-corrected chi connectivity index (χ0v) is 13.3. The third-order valence-electron chi connectivity index (χ3n) is 3.08. The molecule has 0 aliphatic heterocycles. The molecule has 2 aromatic heterocycles. The Hall–Kier alpha value is -1.13. The smallest absolute Gasteiger partial charge is 0.0467 e. The van der Waals surface area contributed by atoms with E-state index in [1.165, 1.54) is 22.2 Å². The van der Waals surface area contributed by atoms with Crippen molar-refractivity contribution in [3.05, 3.63) is 62.9 Å². The molecule has 0 saturated heterocycles. The minimum atomic E-state index is 0.987. The minimum absolute atomic E-state index is 0.987. The molecule has 3 aromatic rings. The number of H-pyrrole nitrogens is 1. The van der Waals surface area contributed by atoms with E-state index < -0.39 is 0 Å². The van der Waals surface area contributed by atoms with Crippen LogP contribution >= 0.6 is 31.9 Å². The van der Waals surface area contributed by atoms with Gasteiger partial charge < -0.3 is 4.98 Å². The van der Waals surface area contributed by atoms with Gasteiger partial charge in [0.15, 0.2) is 0 Å². The van der Waals surface area contributed by atoms with Crippen molar-refractivity contribution in [2.45, 2.75) is 12.8 Å². The lowest BCUT2D eigenvalue weighted by atomic mass is 10.1. The minimum Gasteiger partial charge on any atom is -0.358 e. The van der Waals surface area contributed by atoms with E-state index in [1.54, 1.807) is 0 Å². The molecule has 0 saturated carbocycles. The van der Waals surface area contributed by atoms with Crippen molar-refractivity contribution >= 4 is 42.8 Å². The Morgan fingerprint density at radius 1 is 0.947 bits per heavy atom. The molecule has 0 fully saturated rings. The second kappa shape index (κ2) is 5.47. The molecule has 0 amide bonds. The van der Waals surface area contributed by atoms with Crippen molar-refractivity contribution in [1.29, 1.82) is 0 Å². The van der Waals surface area contributed by atoms with E-state index >= 15 is 0 Å². The van der Waals surface area contributed by atoms with Crippen LogP contribution in [0.2, 0.25) is 0 Å². The highest BCUT2D eigenvalue weighted by molar-refractivity contribution is 9.10. The number of fused-ring (bicyclic) bond motifs is 1. The molecule has 0 unspecified atom stereocenters. The number of nitrogens with one attached hydrogen (secondary N) is 1. The number of aromatic nitrogens is 2. The van der Waals surface area contributed by atoms with Crippen molar-refractivity contribution in [3.63, 3.8) is 0 Å². The van der Waals surface area contributed by atoms with Gasteiger partial charge in [-0.05, 0) is 64.0 Å². The fraction of sp³-hybridized carbons (Fsp3) is 0.133. The number of hydrogen-bond donors (Lipinski definition) is 1. The van der Waals surface area contributed by atoms with Gasteiger partial charge in [0.05, 0.1) is 0 Å². The third-order valence-corrected chi connectivity index (χ3v) is 4.01. The summed E-state index contributed by atoms with van der Waals surface area (Å²) in [7, 11) is 0. The van der Waals surface area contributed by atoms with E-state index in [-0.39, 0.29) is 0 Å². The molecule has 4 heteroatoms. The van der Waals surface area contributed by atoms with Crippen LogP contribution in [0.25, 0.3) is 10.9 Å². The van der Waals surface area contributed by atoms with Gasteiger partial charge in [-0.1, -0.05) is 22.0 Å². The SMILES string of the molecule is Brc1cncc(CCc2cc3ccc(Br)cc3[nH]2)c1. The molecule has 96 valence electrons. The summed E-state index contributed by atoms with van der Waals surface area (Å²) in [6.07, 6.45) is 5.71. The number of aryl methyl sites for hydroxylation is 2. The Morgan fingerprint density at radius 2 is 1.84 bits per heavy atom. The molecule has 0 atom stereocenters. The van der Waals surface area contributed by atoms with Crippen molar-refractivity contribution < 1.29 is 0 Å². The first-order chi connectivity index (χ1) is 9.20. The van der Waals surface area contributed by atoms with E-state index in [0.717, 1.165) is 21.8 Å². The fourth-order valence-corrected chi connectivity index (χ4v) is 2.94. The zero-order valence-electron chi connectivity index (χ0n) is 10.2. The number of pyridine rings is 1. The zero-order chi connectivity index (χ0) is 13.2. The molecule has 1 N–H and O–H groups in total. The van der Waals surface area contributed by atoms with Gasteiger partial charge in [-0.15, -0.1) is 0 Å². The van der Waals surface area contributed by atoms with E-state index in [0.29, 0.717) is 0 Å². The second-order valence-electron chi connectivity index (χ2n) is 4.54. The Balaban J connectivity index is 1.78. The molecule has 0 spiro atoms. The van der Waals surface area contributed by atoms with Crippen molar-refractivity contribution in [1.82, 2.24) is 9.97 Å². The Bertz CT molecular complexity index is 719. The van der Waals surface area contributed by atoms with Crippen LogP contribution in [0.15, 0.2) is 51.7 Å². The lowest BCUT2D eigenvalue weighted by molar-refractivity contribution is 0.921. The highest BCUT2D eigenvalue weighted by atomic mass is 79.9. The molecule has 3 rings (SSSR count). The monoisotopic (exact) mass is 378 g/mol. The highest BCUT2D eigenvalue weighted by Crippen LogP contribution is 2.21. The maximum absolute atomic E-state index is 4.19. The topological polar surface area (TPSA) is 28.7 Å². The summed E-state index contributed by atoms with van der Waals surface area (Å²) in [5.74, 6) is 0. The number of aromatic amines is 1. The van der Waals surface area contributed by atoms with Crippen LogP contribution < -0.4 is 0 Å². The molecule has 0 aliphatic carbocycles. The number of benzene rings is 1. The Kier molecular flexibility index (Phi) is 3.71. The predicted octanol–water partition coefficient (Wildman–Crippen LogP) is 4.87. The van der Waals surface area contributed by atoms with Gasteiger partial charge in [-0.25, -0.2) is 0 Å². The summed E-state index contributed by atoms with van der Waals surface area (Å²) < 4.78 is 2.13. The summed E-state index contributed by atoms with van der Waals surface area (Å²) >= 11 is 6.94. The first-order valence-corrected chi connectivity index (χ1v) is 7.66. The predicted molar refractivity (Wildman–Crippen MR) is 85.3 cm³/mol. The van der Waals surface area contributed by atoms with Gasteiger partial charge in [0, 0.05) is 32.5 Å². The van der Waals surface area contributed by atoms with Gasteiger partial charge in [-0.3, -0.25) is 4.98 Å². The second-order valence-corrected chi connectivity index (χ2v) is 6.37. The molecule has 2 nitrogen and oxygen atoms in total. The number of hydrogen-bond acceptors (Lipinski definition) is 1. The van der Waals surface area contributed by atoms with Crippen LogP contribution in [0.1, 0.15) is 11.3 Å². The van der Waals surface area contributed by atoms with E-state index in [4.69, 9.17) is 0 Å². The Labute approximate surface area is 128 Å². The van der Waals surface area contributed by atoms with Crippen LogP contribution in [-0.2, 0) is 12.8 Å². The summed E-state index contributed by atoms with van der Waals surface area (Å²) in [5, 5.41) is 1.26. The van der Waals surface area contributed by atoms with Crippen LogP contribution in [0, 0.1) is 0 Å². The van der Waals surface area contributed by atoms with E-state index in [1.807, 2.05) is 12.4 Å². The molecule has 0 radical (unpaired) electrons. The summed E-state index contributed by atoms with van der Waals surface area (Å²) in [6.45, 7) is 0. The van der Waals surface area contributed by atoms with Gasteiger partial charge >= 0.3 is 0 Å². The van der Waals surface area contributed by atoms with Crippen molar-refractivity contribution in [2.75, 3.05) is 0 Å². The average molecular weight is 380 g/mol. The first-order valence-electron chi connectivity index (χ1n) is 6.07. The Morgan fingerprint density at radius 3 is 2.68 bits per heavy atom. The third kappa shape index (κ3) is 3.07. The average Bonchev–Trinajstić information content (AvgIpc) is 2.78. The van der Waals surface area contributed by atoms with Crippen LogP contribution in [0.4, 0.5) is 0 Å². The quantitative estimate of drug-likeness (QED) is 0.690. The van der Waals surface area contributed by atoms with Crippen LogP contribution in [0.3, 0.4) is 0 Å². The number of rotatable bonds is 3. The molecule has 2 heterocycles. The van der Waals surface area contributed by atoms with Crippen LogP contribution in [0.5, 0.6) is 0 Å². The summed E-state index contributed by atoms with van der Waals surface area (Å²) in [5.41, 5.74) is 3.68. The number of halogens is 2. The van der Waals surface area contributed by atoms with Gasteiger partial charge in [-0.2, -0.15) is 0 Å². The van der Waals surface area contributed by atoms with E-state index in [9.17, 15) is 0 Å². The maximum Gasteiger partial charge on any atom is 0.0467 e. The van der Waals surface area contributed by atoms with Gasteiger partial charge in [0.25, 0.3) is 0 Å². The standard InChI is InChI=1S/C15H12Br2N2/c16-12-3-2-11-6-14(19-15(11)7-12)4-1-10-5-13(17)9-18-8-10/h2-3,5-9,19H,1,4H2. The van der Waals surface area contributed by atoms with Crippen molar-refractivity contribution in [3.8, 4) is 0 Å². The molecule has 1 aromatic carbocycles. The lowest BCUT2D eigenvalue weighted by Crippen LogP contribution is -1.92. The number of nitrogens with zero attached hydrogens (tertiary/aromatic N) is 1. The maximum atomic E-state index is 4.19. The molecule has 0 aliphatic rings.